The van der Waals surface area contributed by atoms with Crippen molar-refractivity contribution in [3.63, 3.8) is 0 Å². The molecule has 1 heterocycles. The number of imide groups is 1. The van der Waals surface area contributed by atoms with Gasteiger partial charge in [-0.2, -0.15) is 0 Å². The molecule has 0 aromatic carbocycles. The van der Waals surface area contributed by atoms with Gasteiger partial charge in [-0.15, -0.1) is 11.3 Å². The molecule has 6 nitrogen and oxygen atoms in total. The molecular weight excluding hydrogens is 304 g/mol. The Bertz CT molecular complexity index is 566. The quantitative estimate of drug-likeness (QED) is 0.784. The lowest BCUT2D eigenvalue weighted by molar-refractivity contribution is -0.130. The van der Waals surface area contributed by atoms with Gasteiger partial charge in [-0.1, -0.05) is 27.2 Å². The number of primary amides is 1. The van der Waals surface area contributed by atoms with Crippen LogP contribution in [0, 0.1) is 12.8 Å². The van der Waals surface area contributed by atoms with Gasteiger partial charge in [0.15, 0.2) is 6.10 Å². The number of urea groups is 1. The van der Waals surface area contributed by atoms with Crippen LogP contribution in [0.3, 0.4) is 0 Å². The number of carbonyl (C=O) groups is 3. The van der Waals surface area contributed by atoms with E-state index in [0.29, 0.717) is 4.88 Å². The predicted molar refractivity (Wildman–Crippen MR) is 84.8 cm³/mol. The second kappa shape index (κ2) is 7.93. The van der Waals surface area contributed by atoms with Crippen molar-refractivity contribution < 1.29 is 19.1 Å². The summed E-state index contributed by atoms with van der Waals surface area (Å²) in [7, 11) is 0. The minimum atomic E-state index is -1.06. The highest BCUT2D eigenvalue weighted by molar-refractivity contribution is 7.14. The molecule has 0 unspecified atom stereocenters. The lowest BCUT2D eigenvalue weighted by Gasteiger charge is -2.19. The molecule has 0 aliphatic carbocycles. The first kappa shape index (κ1) is 18.2. The summed E-state index contributed by atoms with van der Waals surface area (Å²) < 4.78 is 5.26. The van der Waals surface area contributed by atoms with Crippen molar-refractivity contribution >= 4 is 29.2 Å². The van der Waals surface area contributed by atoms with Crippen molar-refractivity contribution in [3.05, 3.63) is 21.4 Å². The van der Waals surface area contributed by atoms with Gasteiger partial charge in [0.05, 0.1) is 0 Å². The molecule has 1 aromatic rings. The Labute approximate surface area is 134 Å². The van der Waals surface area contributed by atoms with Crippen LogP contribution in [0.4, 0.5) is 4.79 Å². The summed E-state index contributed by atoms with van der Waals surface area (Å²) in [5, 5.41) is 1.94. The van der Waals surface area contributed by atoms with Crippen molar-refractivity contribution in [2.24, 2.45) is 11.7 Å². The third kappa shape index (κ3) is 4.84. The highest BCUT2D eigenvalue weighted by atomic mass is 32.1. The zero-order valence-corrected chi connectivity index (χ0v) is 14.1. The van der Waals surface area contributed by atoms with Crippen LogP contribution in [0.15, 0.2) is 6.07 Å². The number of carbonyl (C=O) groups excluding carboxylic acids is 3. The van der Waals surface area contributed by atoms with Gasteiger partial charge < -0.3 is 10.5 Å². The Morgan fingerprint density at radius 2 is 2.00 bits per heavy atom. The lowest BCUT2D eigenvalue weighted by Crippen LogP contribution is -2.45. The summed E-state index contributed by atoms with van der Waals surface area (Å²) >= 11 is 1.34. The summed E-state index contributed by atoms with van der Waals surface area (Å²) in [6, 6.07) is 0.832. The van der Waals surface area contributed by atoms with Crippen LogP contribution in [0.5, 0.6) is 0 Å². The molecule has 0 aliphatic heterocycles. The normalized spacial score (nSPS) is 12.0. The summed E-state index contributed by atoms with van der Waals surface area (Å²) in [5.74, 6) is -1.55. The molecule has 0 bridgehead atoms. The van der Waals surface area contributed by atoms with Crippen LogP contribution in [0.25, 0.3) is 0 Å². The van der Waals surface area contributed by atoms with Crippen molar-refractivity contribution in [3.8, 4) is 0 Å². The van der Waals surface area contributed by atoms with Gasteiger partial charge in [0.25, 0.3) is 5.91 Å². The molecule has 0 radical (unpaired) electrons. The van der Waals surface area contributed by atoms with Gasteiger partial charge in [-0.25, -0.2) is 9.59 Å². The Morgan fingerprint density at radius 1 is 1.36 bits per heavy atom. The van der Waals surface area contributed by atoms with E-state index in [1.807, 2.05) is 12.2 Å². The summed E-state index contributed by atoms with van der Waals surface area (Å²) in [6.45, 7) is 7.46. The van der Waals surface area contributed by atoms with Gasteiger partial charge in [0.1, 0.15) is 4.88 Å². The maximum atomic E-state index is 12.2. The average molecular weight is 326 g/mol. The zero-order valence-electron chi connectivity index (χ0n) is 13.3. The molecule has 122 valence electrons. The number of hydrogen-bond donors (Lipinski definition) is 2. The minimum absolute atomic E-state index is 0.278. The molecule has 0 saturated heterocycles. The number of aryl methyl sites for hydroxylation is 2. The smallest absolute Gasteiger partial charge is 0.349 e. The number of thiophene rings is 1. The van der Waals surface area contributed by atoms with Gasteiger partial charge in [-0.05, 0) is 30.9 Å². The topological polar surface area (TPSA) is 98.5 Å². The maximum absolute atomic E-state index is 12.2. The van der Waals surface area contributed by atoms with Crippen molar-refractivity contribution in [1.29, 1.82) is 0 Å². The zero-order chi connectivity index (χ0) is 16.9. The molecule has 7 heteroatoms. The number of rotatable bonds is 6. The first-order valence-electron chi connectivity index (χ1n) is 7.16. The van der Waals surface area contributed by atoms with Gasteiger partial charge >= 0.3 is 12.0 Å². The summed E-state index contributed by atoms with van der Waals surface area (Å²) in [5.41, 5.74) is 6.03. The van der Waals surface area contributed by atoms with Crippen molar-refractivity contribution in [1.82, 2.24) is 5.32 Å². The SMILES string of the molecule is CCCc1cc(C(=O)O[C@@H](C(=O)NC(N)=O)C(C)C)sc1C. The molecule has 3 amide bonds. The second-order valence-electron chi connectivity index (χ2n) is 5.37. The molecule has 1 rings (SSSR count). The third-order valence-electron chi connectivity index (χ3n) is 3.09. The fraction of sp³-hybridized carbons (Fsp3) is 0.533. The van der Waals surface area contributed by atoms with E-state index in [-0.39, 0.29) is 5.92 Å². The van der Waals surface area contributed by atoms with E-state index in [1.165, 1.54) is 11.3 Å². The first-order valence-corrected chi connectivity index (χ1v) is 7.98. The highest BCUT2D eigenvalue weighted by Crippen LogP contribution is 2.24. The Balaban J connectivity index is 2.85. The standard InChI is InChI=1S/C15H22N2O4S/c1-5-6-10-7-11(22-9(10)4)14(19)21-12(8(2)3)13(18)17-15(16)20/h7-8,12H,5-6H2,1-4H3,(H3,16,17,18,20)/t12-/m1/s1. The van der Waals surface area contributed by atoms with Crippen LogP contribution in [0.2, 0.25) is 0 Å². The Hall–Kier alpha value is -1.89. The molecule has 1 aromatic heterocycles. The van der Waals surface area contributed by atoms with E-state index in [2.05, 4.69) is 6.92 Å². The highest BCUT2D eigenvalue weighted by Gasteiger charge is 2.28. The van der Waals surface area contributed by atoms with Gasteiger partial charge in [-0.3, -0.25) is 10.1 Å². The van der Waals surface area contributed by atoms with E-state index in [1.54, 1.807) is 19.9 Å². The second-order valence-corrected chi connectivity index (χ2v) is 6.62. The molecule has 0 fully saturated rings. The van der Waals surface area contributed by atoms with Gasteiger partial charge in [0, 0.05) is 4.88 Å². The van der Waals surface area contributed by atoms with Gasteiger partial charge in [0.2, 0.25) is 0 Å². The number of nitrogens with two attached hydrogens (primary N) is 1. The van der Waals surface area contributed by atoms with E-state index in [4.69, 9.17) is 10.5 Å². The fourth-order valence-corrected chi connectivity index (χ4v) is 2.95. The van der Waals surface area contributed by atoms with Crippen molar-refractivity contribution in [2.45, 2.75) is 46.6 Å². The minimum Gasteiger partial charge on any atom is -0.448 e. The van der Waals surface area contributed by atoms with Crippen LogP contribution in [0.1, 0.15) is 47.3 Å². The van der Waals surface area contributed by atoms with Crippen LogP contribution in [-0.4, -0.2) is 24.0 Å². The molecule has 22 heavy (non-hydrogen) atoms. The average Bonchev–Trinajstić information content (AvgIpc) is 2.76. The third-order valence-corrected chi connectivity index (χ3v) is 4.16. The monoisotopic (exact) mass is 326 g/mol. The van der Waals surface area contributed by atoms with Crippen LogP contribution < -0.4 is 11.1 Å². The van der Waals surface area contributed by atoms with E-state index in [0.717, 1.165) is 23.3 Å². The van der Waals surface area contributed by atoms with Crippen LogP contribution in [-0.2, 0) is 16.0 Å². The number of hydrogen-bond acceptors (Lipinski definition) is 5. The van der Waals surface area contributed by atoms with Crippen molar-refractivity contribution in [2.75, 3.05) is 0 Å². The molecule has 0 aliphatic rings. The predicted octanol–water partition coefficient (Wildman–Crippen LogP) is 2.39. The van der Waals surface area contributed by atoms with E-state index in [9.17, 15) is 14.4 Å². The number of amides is 3. The maximum Gasteiger partial charge on any atom is 0.349 e. The number of esters is 1. The van der Waals surface area contributed by atoms with E-state index >= 15 is 0 Å². The number of ether oxygens (including phenoxy) is 1. The number of nitrogens with one attached hydrogen (secondary N) is 1. The molecule has 0 saturated carbocycles. The Morgan fingerprint density at radius 3 is 2.50 bits per heavy atom. The first-order chi connectivity index (χ1) is 10.3. The molecule has 3 N–H and O–H groups in total. The lowest BCUT2D eigenvalue weighted by atomic mass is 10.1. The summed E-state index contributed by atoms with van der Waals surface area (Å²) in [6.07, 6.45) is 0.824. The summed E-state index contributed by atoms with van der Waals surface area (Å²) in [4.78, 5) is 36.3. The molecular formula is C15H22N2O4S. The van der Waals surface area contributed by atoms with Crippen LogP contribution >= 0.6 is 11.3 Å². The Kier molecular flexibility index (Phi) is 6.55. The van der Waals surface area contributed by atoms with E-state index < -0.39 is 24.0 Å². The fourth-order valence-electron chi connectivity index (χ4n) is 2.00. The largest absolute Gasteiger partial charge is 0.448 e. The molecule has 0 spiro atoms. The molecule has 1 atom stereocenters.